The summed E-state index contributed by atoms with van der Waals surface area (Å²) in [5.41, 5.74) is -0.684. The van der Waals surface area contributed by atoms with Crippen molar-refractivity contribution in [3.8, 4) is 0 Å². The predicted octanol–water partition coefficient (Wildman–Crippen LogP) is 3.60. The number of amides is 1. The maximum Gasteiger partial charge on any atom is 0.416 e. The Morgan fingerprint density at radius 2 is 2.14 bits per heavy atom. The second kappa shape index (κ2) is 6.44. The van der Waals surface area contributed by atoms with Crippen LogP contribution in [0.25, 0.3) is 0 Å². The summed E-state index contributed by atoms with van der Waals surface area (Å²) in [7, 11) is 0. The molecule has 0 aliphatic carbocycles. The molecule has 0 saturated heterocycles. The Kier molecular flexibility index (Phi) is 4.84. The van der Waals surface area contributed by atoms with E-state index < -0.39 is 17.6 Å². The molecule has 1 aromatic heterocycles. The van der Waals surface area contributed by atoms with Gasteiger partial charge in [-0.05, 0) is 25.1 Å². The number of halogens is 3. The molecular formula is C12H10F3N3OS2. The number of benzene rings is 1. The fourth-order valence-corrected chi connectivity index (χ4v) is 3.05. The molecule has 2 rings (SSSR count). The van der Waals surface area contributed by atoms with E-state index in [1.165, 1.54) is 35.2 Å². The summed E-state index contributed by atoms with van der Waals surface area (Å²) in [6, 6.07) is 4.51. The van der Waals surface area contributed by atoms with Crippen LogP contribution >= 0.6 is 23.1 Å². The summed E-state index contributed by atoms with van der Waals surface area (Å²) >= 11 is 2.54. The number of carbonyl (C=O) groups excluding carboxylic acids is 1. The van der Waals surface area contributed by atoms with Gasteiger partial charge in [0.05, 0.1) is 11.3 Å². The Balaban J connectivity index is 1.93. The number of rotatable bonds is 4. The van der Waals surface area contributed by atoms with Crippen LogP contribution in [-0.2, 0) is 11.0 Å². The molecule has 9 heteroatoms. The molecule has 1 aromatic carbocycles. The lowest BCUT2D eigenvalue weighted by Crippen LogP contribution is -2.15. The molecule has 0 spiro atoms. The summed E-state index contributed by atoms with van der Waals surface area (Å²) < 4.78 is 38.3. The van der Waals surface area contributed by atoms with Gasteiger partial charge < -0.3 is 5.32 Å². The van der Waals surface area contributed by atoms with Crippen molar-refractivity contribution >= 4 is 34.7 Å². The molecule has 0 aliphatic rings. The van der Waals surface area contributed by atoms with Gasteiger partial charge in [-0.3, -0.25) is 4.79 Å². The molecule has 112 valence electrons. The summed E-state index contributed by atoms with van der Waals surface area (Å²) in [4.78, 5) is 11.7. The van der Waals surface area contributed by atoms with Crippen LogP contribution < -0.4 is 5.32 Å². The fourth-order valence-electron chi connectivity index (χ4n) is 1.43. The molecule has 0 unspecified atom stereocenters. The van der Waals surface area contributed by atoms with Crippen molar-refractivity contribution in [2.45, 2.75) is 17.4 Å². The number of nitrogens with one attached hydrogen (secondary N) is 1. The van der Waals surface area contributed by atoms with E-state index in [0.717, 1.165) is 17.1 Å². The van der Waals surface area contributed by atoms with Gasteiger partial charge in [-0.25, -0.2) is 0 Å². The zero-order chi connectivity index (χ0) is 15.5. The van der Waals surface area contributed by atoms with Crippen molar-refractivity contribution in [2.24, 2.45) is 0 Å². The third-order valence-corrected chi connectivity index (χ3v) is 4.28. The van der Waals surface area contributed by atoms with Crippen LogP contribution in [0.5, 0.6) is 0 Å². The molecule has 0 atom stereocenters. The van der Waals surface area contributed by atoms with E-state index in [1.54, 1.807) is 6.92 Å². The van der Waals surface area contributed by atoms with Crippen molar-refractivity contribution in [2.75, 3.05) is 11.1 Å². The Morgan fingerprint density at radius 1 is 1.38 bits per heavy atom. The molecule has 0 bridgehead atoms. The Hall–Kier alpha value is -1.61. The van der Waals surface area contributed by atoms with Gasteiger partial charge in [-0.1, -0.05) is 29.2 Å². The van der Waals surface area contributed by atoms with Gasteiger partial charge >= 0.3 is 6.18 Å². The van der Waals surface area contributed by atoms with E-state index in [-0.39, 0.29) is 11.4 Å². The summed E-state index contributed by atoms with van der Waals surface area (Å²) in [6.07, 6.45) is -4.43. The average Bonchev–Trinajstić information content (AvgIpc) is 2.82. The van der Waals surface area contributed by atoms with Gasteiger partial charge in [0, 0.05) is 5.69 Å². The number of nitrogens with zero attached hydrogens (tertiary/aromatic N) is 2. The van der Waals surface area contributed by atoms with Crippen LogP contribution in [0.2, 0.25) is 0 Å². The minimum atomic E-state index is -4.43. The number of anilines is 1. The maximum atomic E-state index is 12.5. The van der Waals surface area contributed by atoms with Gasteiger partial charge in [0.25, 0.3) is 0 Å². The first-order valence-corrected chi connectivity index (χ1v) is 7.55. The number of carbonyl (C=O) groups is 1. The Bertz CT molecular complexity index is 643. The molecule has 0 aliphatic heterocycles. The second-order valence-corrected chi connectivity index (χ2v) is 6.41. The minimum Gasteiger partial charge on any atom is -0.325 e. The highest BCUT2D eigenvalue weighted by atomic mass is 32.2. The summed E-state index contributed by atoms with van der Waals surface area (Å²) in [5, 5.41) is 10.9. The number of thioether (sulfide) groups is 1. The van der Waals surface area contributed by atoms with Crippen LogP contribution in [-0.4, -0.2) is 21.9 Å². The molecular weight excluding hydrogens is 323 g/mol. The lowest BCUT2D eigenvalue weighted by molar-refractivity contribution is -0.137. The molecule has 2 aromatic rings. The Labute approximate surface area is 126 Å². The standard InChI is InChI=1S/C12H10F3N3OS2/c1-7-17-18-11(21-7)20-6-10(19)16-9-4-2-3-8(5-9)12(13,14)15/h2-5H,6H2,1H3,(H,16,19). The normalized spacial score (nSPS) is 11.4. The van der Waals surface area contributed by atoms with Crippen molar-refractivity contribution < 1.29 is 18.0 Å². The first-order chi connectivity index (χ1) is 9.84. The van der Waals surface area contributed by atoms with Gasteiger partial charge in [0.1, 0.15) is 5.01 Å². The molecule has 0 fully saturated rings. The number of aryl methyl sites for hydroxylation is 1. The van der Waals surface area contributed by atoms with Crippen molar-refractivity contribution in [3.05, 3.63) is 34.8 Å². The van der Waals surface area contributed by atoms with Gasteiger partial charge in [0.15, 0.2) is 4.34 Å². The molecule has 1 N–H and O–H groups in total. The van der Waals surface area contributed by atoms with Crippen LogP contribution in [0.3, 0.4) is 0 Å². The topological polar surface area (TPSA) is 54.9 Å². The fraction of sp³-hybridized carbons (Fsp3) is 0.250. The first kappa shape index (κ1) is 15.8. The zero-order valence-corrected chi connectivity index (χ0v) is 12.4. The van der Waals surface area contributed by atoms with E-state index >= 15 is 0 Å². The molecule has 0 saturated carbocycles. The van der Waals surface area contributed by atoms with Crippen LogP contribution in [0.4, 0.5) is 18.9 Å². The van der Waals surface area contributed by atoms with Crippen LogP contribution in [0, 0.1) is 6.92 Å². The van der Waals surface area contributed by atoms with E-state index in [1.807, 2.05) is 0 Å². The van der Waals surface area contributed by atoms with Crippen molar-refractivity contribution in [1.82, 2.24) is 10.2 Å². The molecule has 1 amide bonds. The molecule has 1 heterocycles. The van der Waals surface area contributed by atoms with E-state index in [0.29, 0.717) is 4.34 Å². The second-order valence-electron chi connectivity index (χ2n) is 4.00. The van der Waals surface area contributed by atoms with Gasteiger partial charge in [-0.15, -0.1) is 10.2 Å². The van der Waals surface area contributed by atoms with Crippen LogP contribution in [0.1, 0.15) is 10.6 Å². The summed E-state index contributed by atoms with van der Waals surface area (Å²) in [6.45, 7) is 1.80. The van der Waals surface area contributed by atoms with Gasteiger partial charge in [-0.2, -0.15) is 13.2 Å². The predicted molar refractivity (Wildman–Crippen MR) is 75.4 cm³/mol. The number of alkyl halides is 3. The molecule has 21 heavy (non-hydrogen) atoms. The number of hydrogen-bond donors (Lipinski definition) is 1. The van der Waals surface area contributed by atoms with Gasteiger partial charge in [0.2, 0.25) is 5.91 Å². The summed E-state index contributed by atoms with van der Waals surface area (Å²) in [5.74, 6) is -0.336. The quantitative estimate of drug-likeness (QED) is 0.869. The number of hydrogen-bond acceptors (Lipinski definition) is 5. The third kappa shape index (κ3) is 4.71. The largest absolute Gasteiger partial charge is 0.416 e. The van der Waals surface area contributed by atoms with Crippen molar-refractivity contribution in [1.29, 1.82) is 0 Å². The minimum absolute atomic E-state index is 0.0604. The lowest BCUT2D eigenvalue weighted by Gasteiger charge is -2.09. The van der Waals surface area contributed by atoms with Crippen LogP contribution in [0.15, 0.2) is 28.6 Å². The number of aromatic nitrogens is 2. The first-order valence-electron chi connectivity index (χ1n) is 5.74. The highest BCUT2D eigenvalue weighted by molar-refractivity contribution is 8.01. The van der Waals surface area contributed by atoms with Crippen molar-refractivity contribution in [3.63, 3.8) is 0 Å². The SMILES string of the molecule is Cc1nnc(SCC(=O)Nc2cccc(C(F)(F)F)c2)s1. The third-order valence-electron chi connectivity index (χ3n) is 2.31. The van der Waals surface area contributed by atoms with E-state index in [2.05, 4.69) is 15.5 Å². The smallest absolute Gasteiger partial charge is 0.325 e. The Morgan fingerprint density at radius 3 is 2.76 bits per heavy atom. The highest BCUT2D eigenvalue weighted by Gasteiger charge is 2.30. The monoisotopic (exact) mass is 333 g/mol. The molecule has 4 nitrogen and oxygen atoms in total. The average molecular weight is 333 g/mol. The lowest BCUT2D eigenvalue weighted by atomic mass is 10.2. The van der Waals surface area contributed by atoms with E-state index in [4.69, 9.17) is 0 Å². The zero-order valence-electron chi connectivity index (χ0n) is 10.8. The highest BCUT2D eigenvalue weighted by Crippen LogP contribution is 2.30. The molecule has 0 radical (unpaired) electrons. The maximum absolute atomic E-state index is 12.5. The van der Waals surface area contributed by atoms with E-state index in [9.17, 15) is 18.0 Å².